The van der Waals surface area contributed by atoms with Crippen molar-refractivity contribution < 1.29 is 14.3 Å². The van der Waals surface area contributed by atoms with E-state index < -0.39 is 10.8 Å². The molecule has 0 aromatic rings. The lowest BCUT2D eigenvalue weighted by molar-refractivity contribution is -0.176. The molecule has 3 nitrogen and oxygen atoms in total. The van der Waals surface area contributed by atoms with Crippen molar-refractivity contribution in [3.8, 4) is 0 Å². The maximum Gasteiger partial charge on any atom is 0.320 e. The summed E-state index contributed by atoms with van der Waals surface area (Å²) in [5, 5.41) is 0. The Morgan fingerprint density at radius 1 is 1.29 bits per heavy atom. The van der Waals surface area contributed by atoms with Crippen LogP contribution in [0.5, 0.6) is 0 Å². The van der Waals surface area contributed by atoms with E-state index in [9.17, 15) is 9.59 Å². The summed E-state index contributed by atoms with van der Waals surface area (Å²) in [4.78, 5) is 24.9. The molecule has 0 aliphatic heterocycles. The number of hydrogen-bond donors (Lipinski definition) is 0. The van der Waals surface area contributed by atoms with E-state index in [4.69, 9.17) is 4.74 Å². The molecule has 2 aliphatic carbocycles. The van der Waals surface area contributed by atoms with Crippen LogP contribution in [0.4, 0.5) is 0 Å². The van der Waals surface area contributed by atoms with Gasteiger partial charge >= 0.3 is 5.97 Å². The molecule has 2 aliphatic rings. The Morgan fingerprint density at radius 3 is 2.53 bits per heavy atom. The Morgan fingerprint density at radius 2 is 1.94 bits per heavy atom. The summed E-state index contributed by atoms with van der Waals surface area (Å²) < 4.78 is 4.92. The molecule has 0 N–H and O–H groups in total. The SMILES string of the molecule is COC(=O)C12CC=CC(C)(CCC1(C)C)C2=O. The summed E-state index contributed by atoms with van der Waals surface area (Å²) in [6, 6.07) is 0. The van der Waals surface area contributed by atoms with E-state index in [0.717, 1.165) is 12.8 Å². The molecule has 3 heteroatoms. The van der Waals surface area contributed by atoms with Gasteiger partial charge in [0.15, 0.2) is 5.78 Å². The molecule has 0 aromatic carbocycles. The minimum atomic E-state index is -0.983. The van der Waals surface area contributed by atoms with E-state index in [0.29, 0.717) is 6.42 Å². The Kier molecular flexibility index (Phi) is 2.49. The molecule has 1 fully saturated rings. The van der Waals surface area contributed by atoms with Crippen molar-refractivity contribution in [3.05, 3.63) is 12.2 Å². The number of methoxy groups -OCH3 is 1. The molecule has 0 radical (unpaired) electrons. The minimum Gasteiger partial charge on any atom is -0.468 e. The molecule has 94 valence electrons. The second-order valence-corrected chi connectivity index (χ2v) is 6.13. The first-order chi connectivity index (χ1) is 7.80. The van der Waals surface area contributed by atoms with E-state index in [1.165, 1.54) is 7.11 Å². The fourth-order valence-corrected chi connectivity index (χ4v) is 3.34. The zero-order chi connectivity index (χ0) is 12.9. The molecule has 0 heterocycles. The average molecular weight is 236 g/mol. The first-order valence-corrected chi connectivity index (χ1v) is 6.11. The normalized spacial score (nSPS) is 38.9. The number of ketones is 1. The van der Waals surface area contributed by atoms with Crippen LogP contribution in [0.2, 0.25) is 0 Å². The Labute approximate surface area is 102 Å². The maximum absolute atomic E-state index is 12.7. The highest BCUT2D eigenvalue weighted by Crippen LogP contribution is 2.59. The molecule has 2 bridgehead atoms. The number of Topliss-reactive ketones (excluding diaryl/α,β-unsaturated/α-hetero) is 1. The van der Waals surface area contributed by atoms with E-state index in [1.54, 1.807) is 0 Å². The number of carbonyl (C=O) groups is 2. The van der Waals surface area contributed by atoms with E-state index in [2.05, 4.69) is 0 Å². The molecule has 2 unspecified atom stereocenters. The van der Waals surface area contributed by atoms with Gasteiger partial charge in [0.05, 0.1) is 7.11 Å². The fourth-order valence-electron chi connectivity index (χ4n) is 3.34. The van der Waals surface area contributed by atoms with Crippen molar-refractivity contribution in [1.82, 2.24) is 0 Å². The summed E-state index contributed by atoms with van der Waals surface area (Å²) in [5.41, 5.74) is -1.80. The maximum atomic E-state index is 12.7. The quantitative estimate of drug-likeness (QED) is 0.399. The number of allylic oxidation sites excluding steroid dienone is 2. The second-order valence-electron chi connectivity index (χ2n) is 6.13. The molecule has 1 saturated carbocycles. The summed E-state index contributed by atoms with van der Waals surface area (Å²) >= 11 is 0. The van der Waals surface area contributed by atoms with Gasteiger partial charge in [-0.25, -0.2) is 0 Å². The van der Waals surface area contributed by atoms with Gasteiger partial charge in [-0.3, -0.25) is 9.59 Å². The summed E-state index contributed by atoms with van der Waals surface area (Å²) in [7, 11) is 1.37. The van der Waals surface area contributed by atoms with Crippen LogP contribution in [-0.2, 0) is 14.3 Å². The van der Waals surface area contributed by atoms with E-state index >= 15 is 0 Å². The molecular weight excluding hydrogens is 216 g/mol. The van der Waals surface area contributed by atoms with E-state index in [-0.39, 0.29) is 17.2 Å². The van der Waals surface area contributed by atoms with Crippen LogP contribution >= 0.6 is 0 Å². The highest BCUT2D eigenvalue weighted by atomic mass is 16.5. The third-order valence-corrected chi connectivity index (χ3v) is 4.77. The highest BCUT2D eigenvalue weighted by molar-refractivity contribution is 6.09. The number of ether oxygens (including phenoxy) is 1. The van der Waals surface area contributed by atoms with Gasteiger partial charge in [-0.05, 0) is 31.6 Å². The predicted octanol–water partition coefficient (Wildman–Crippen LogP) is 2.50. The van der Waals surface area contributed by atoms with Gasteiger partial charge in [0, 0.05) is 5.41 Å². The van der Waals surface area contributed by atoms with Crippen LogP contribution in [0.15, 0.2) is 12.2 Å². The smallest absolute Gasteiger partial charge is 0.320 e. The minimum absolute atomic E-state index is 0.0376. The molecule has 0 amide bonds. The van der Waals surface area contributed by atoms with Crippen molar-refractivity contribution in [2.75, 3.05) is 7.11 Å². The molecule has 0 aromatic heterocycles. The van der Waals surface area contributed by atoms with Gasteiger partial charge in [0.2, 0.25) is 0 Å². The lowest BCUT2D eigenvalue weighted by atomic mass is 9.47. The lowest BCUT2D eigenvalue weighted by Crippen LogP contribution is -2.60. The Bertz CT molecular complexity index is 408. The van der Waals surface area contributed by atoms with Crippen LogP contribution in [0, 0.1) is 16.2 Å². The summed E-state index contributed by atoms with van der Waals surface area (Å²) in [6.45, 7) is 5.93. The standard InChI is InChI=1S/C14H20O3/c1-12(2)8-9-13(3)6-5-7-14(12,10(13)15)11(16)17-4/h5-6H,7-9H2,1-4H3. The van der Waals surface area contributed by atoms with Crippen LogP contribution in [0.1, 0.15) is 40.0 Å². The number of esters is 1. The molecule has 0 spiro atoms. The predicted molar refractivity (Wildman–Crippen MR) is 64.3 cm³/mol. The van der Waals surface area contributed by atoms with Crippen LogP contribution in [0.25, 0.3) is 0 Å². The van der Waals surface area contributed by atoms with Gasteiger partial charge < -0.3 is 4.74 Å². The van der Waals surface area contributed by atoms with Crippen LogP contribution in [-0.4, -0.2) is 18.9 Å². The second kappa shape index (κ2) is 3.44. The summed E-state index contributed by atoms with van der Waals surface area (Å²) in [6.07, 6.45) is 6.09. The molecule has 2 rings (SSSR count). The zero-order valence-electron chi connectivity index (χ0n) is 11.0. The summed E-state index contributed by atoms with van der Waals surface area (Å²) in [5.74, 6) is -0.335. The van der Waals surface area contributed by atoms with Gasteiger partial charge in [-0.2, -0.15) is 0 Å². The Balaban J connectivity index is 2.61. The molecular formula is C14H20O3. The number of rotatable bonds is 1. The molecule has 0 saturated heterocycles. The van der Waals surface area contributed by atoms with Gasteiger partial charge in [0.25, 0.3) is 0 Å². The largest absolute Gasteiger partial charge is 0.468 e. The molecule has 17 heavy (non-hydrogen) atoms. The monoisotopic (exact) mass is 236 g/mol. The topological polar surface area (TPSA) is 43.4 Å². The number of fused-ring (bicyclic) bond motifs is 2. The van der Waals surface area contributed by atoms with Crippen molar-refractivity contribution in [2.24, 2.45) is 16.2 Å². The number of carbonyl (C=O) groups excluding carboxylic acids is 2. The third kappa shape index (κ3) is 1.34. The van der Waals surface area contributed by atoms with Gasteiger partial charge in [-0.15, -0.1) is 0 Å². The van der Waals surface area contributed by atoms with Crippen molar-refractivity contribution in [1.29, 1.82) is 0 Å². The average Bonchev–Trinajstić information content (AvgIpc) is 2.28. The van der Waals surface area contributed by atoms with Gasteiger partial charge in [0.1, 0.15) is 5.41 Å². The third-order valence-electron chi connectivity index (χ3n) is 4.77. The number of hydrogen-bond acceptors (Lipinski definition) is 3. The van der Waals surface area contributed by atoms with Crippen molar-refractivity contribution in [2.45, 2.75) is 40.0 Å². The van der Waals surface area contributed by atoms with Gasteiger partial charge in [-0.1, -0.05) is 26.0 Å². The highest BCUT2D eigenvalue weighted by Gasteiger charge is 2.64. The van der Waals surface area contributed by atoms with Crippen molar-refractivity contribution >= 4 is 11.8 Å². The van der Waals surface area contributed by atoms with Crippen LogP contribution < -0.4 is 0 Å². The molecule has 2 atom stereocenters. The fraction of sp³-hybridized carbons (Fsp3) is 0.714. The van der Waals surface area contributed by atoms with E-state index in [1.807, 2.05) is 32.9 Å². The van der Waals surface area contributed by atoms with Crippen molar-refractivity contribution in [3.63, 3.8) is 0 Å². The lowest BCUT2D eigenvalue weighted by Gasteiger charge is -2.53. The first kappa shape index (κ1) is 12.3. The van der Waals surface area contributed by atoms with Crippen LogP contribution in [0.3, 0.4) is 0 Å². The Hall–Kier alpha value is -1.12. The first-order valence-electron chi connectivity index (χ1n) is 6.11. The zero-order valence-corrected chi connectivity index (χ0v) is 11.0.